The molecule has 0 amide bonds. The second-order valence-corrected chi connectivity index (χ2v) is 5.14. The summed E-state index contributed by atoms with van der Waals surface area (Å²) in [7, 11) is 0. The standard InChI is InChI=1S/C15H21ClN4/c1-4-13-15(16)14(20(5-2)19-13)10-18-11(3)12-7-6-8-17-9-12/h6-9,11,18H,4-5,10H2,1-3H3. The number of hydrogen-bond donors (Lipinski definition) is 1. The summed E-state index contributed by atoms with van der Waals surface area (Å²) in [4.78, 5) is 4.15. The van der Waals surface area contributed by atoms with E-state index in [0.717, 1.165) is 29.4 Å². The Morgan fingerprint density at radius 1 is 1.40 bits per heavy atom. The lowest BCUT2D eigenvalue weighted by Gasteiger charge is -2.14. The number of halogens is 1. The number of rotatable bonds is 6. The molecule has 0 bridgehead atoms. The van der Waals surface area contributed by atoms with Gasteiger partial charge in [0.2, 0.25) is 0 Å². The molecule has 0 aliphatic carbocycles. The number of aryl methyl sites for hydroxylation is 2. The van der Waals surface area contributed by atoms with Gasteiger partial charge in [-0.1, -0.05) is 24.6 Å². The minimum Gasteiger partial charge on any atom is -0.304 e. The summed E-state index contributed by atoms with van der Waals surface area (Å²) in [5, 5.41) is 8.80. The number of nitrogens with one attached hydrogen (secondary N) is 1. The molecule has 0 saturated heterocycles. The van der Waals surface area contributed by atoms with Gasteiger partial charge < -0.3 is 5.32 Å². The molecule has 1 atom stereocenters. The van der Waals surface area contributed by atoms with Crippen LogP contribution in [-0.2, 0) is 19.5 Å². The molecule has 5 heteroatoms. The fourth-order valence-corrected chi connectivity index (χ4v) is 2.52. The van der Waals surface area contributed by atoms with Crippen LogP contribution in [0.5, 0.6) is 0 Å². The van der Waals surface area contributed by atoms with Crippen molar-refractivity contribution < 1.29 is 0 Å². The molecule has 0 fully saturated rings. The van der Waals surface area contributed by atoms with Gasteiger partial charge in [-0.2, -0.15) is 5.10 Å². The van der Waals surface area contributed by atoms with Gasteiger partial charge in [-0.25, -0.2) is 0 Å². The third kappa shape index (κ3) is 3.19. The average Bonchev–Trinajstić information content (AvgIpc) is 2.81. The van der Waals surface area contributed by atoms with Gasteiger partial charge in [-0.15, -0.1) is 0 Å². The Balaban J connectivity index is 2.09. The first-order valence-corrected chi connectivity index (χ1v) is 7.42. The molecule has 0 spiro atoms. The number of pyridine rings is 1. The minimum absolute atomic E-state index is 0.227. The molecule has 4 nitrogen and oxygen atoms in total. The highest BCUT2D eigenvalue weighted by Gasteiger charge is 2.15. The predicted octanol–water partition coefficient (Wildman–Crippen LogP) is 3.36. The van der Waals surface area contributed by atoms with E-state index in [1.807, 2.05) is 16.9 Å². The third-order valence-electron chi connectivity index (χ3n) is 3.45. The van der Waals surface area contributed by atoms with Crippen molar-refractivity contribution in [1.29, 1.82) is 0 Å². The monoisotopic (exact) mass is 292 g/mol. The Bertz CT molecular complexity index is 551. The maximum atomic E-state index is 6.40. The third-order valence-corrected chi connectivity index (χ3v) is 3.89. The summed E-state index contributed by atoms with van der Waals surface area (Å²) in [6.45, 7) is 7.81. The Morgan fingerprint density at radius 2 is 2.20 bits per heavy atom. The average molecular weight is 293 g/mol. The minimum atomic E-state index is 0.227. The van der Waals surface area contributed by atoms with E-state index in [-0.39, 0.29) is 6.04 Å². The summed E-state index contributed by atoms with van der Waals surface area (Å²) in [6.07, 6.45) is 4.53. The van der Waals surface area contributed by atoms with Crippen molar-refractivity contribution in [2.24, 2.45) is 0 Å². The number of nitrogens with zero attached hydrogens (tertiary/aromatic N) is 3. The molecule has 1 unspecified atom stereocenters. The van der Waals surface area contributed by atoms with Gasteiger partial charge in [0.05, 0.1) is 16.4 Å². The van der Waals surface area contributed by atoms with E-state index in [2.05, 4.69) is 42.2 Å². The molecule has 0 aliphatic heterocycles. The number of aromatic nitrogens is 3. The first kappa shape index (κ1) is 15.0. The molecular weight excluding hydrogens is 272 g/mol. The number of hydrogen-bond acceptors (Lipinski definition) is 3. The van der Waals surface area contributed by atoms with Crippen molar-refractivity contribution in [3.8, 4) is 0 Å². The van der Waals surface area contributed by atoms with Crippen LogP contribution in [0.1, 0.15) is 43.8 Å². The molecule has 1 N–H and O–H groups in total. The molecular formula is C15H21ClN4. The molecule has 20 heavy (non-hydrogen) atoms. The zero-order valence-electron chi connectivity index (χ0n) is 12.2. The normalized spacial score (nSPS) is 12.6. The van der Waals surface area contributed by atoms with Gasteiger partial charge in [-0.05, 0) is 31.9 Å². The second kappa shape index (κ2) is 6.86. The van der Waals surface area contributed by atoms with Crippen LogP contribution in [0.15, 0.2) is 24.5 Å². The largest absolute Gasteiger partial charge is 0.304 e. The van der Waals surface area contributed by atoms with Gasteiger partial charge >= 0.3 is 0 Å². The van der Waals surface area contributed by atoms with Crippen molar-refractivity contribution in [2.75, 3.05) is 0 Å². The van der Waals surface area contributed by atoms with E-state index in [4.69, 9.17) is 11.6 Å². The lowest BCUT2D eigenvalue weighted by Crippen LogP contribution is -2.20. The van der Waals surface area contributed by atoms with Crippen LogP contribution in [0.25, 0.3) is 0 Å². The first-order valence-electron chi connectivity index (χ1n) is 7.04. The van der Waals surface area contributed by atoms with E-state index >= 15 is 0 Å². The molecule has 2 aromatic heterocycles. The Hall–Kier alpha value is -1.39. The molecule has 2 aromatic rings. The van der Waals surface area contributed by atoms with Crippen molar-refractivity contribution in [3.05, 3.63) is 46.5 Å². The molecule has 0 aliphatic rings. The van der Waals surface area contributed by atoms with Crippen molar-refractivity contribution in [2.45, 2.75) is 46.3 Å². The van der Waals surface area contributed by atoms with Crippen LogP contribution in [-0.4, -0.2) is 14.8 Å². The second-order valence-electron chi connectivity index (χ2n) is 4.77. The van der Waals surface area contributed by atoms with Crippen LogP contribution < -0.4 is 5.32 Å². The molecule has 108 valence electrons. The molecule has 0 aromatic carbocycles. The maximum Gasteiger partial charge on any atom is 0.0863 e. The molecule has 0 radical (unpaired) electrons. The van der Waals surface area contributed by atoms with E-state index in [1.165, 1.54) is 5.56 Å². The van der Waals surface area contributed by atoms with Gasteiger partial charge in [-0.3, -0.25) is 9.67 Å². The highest BCUT2D eigenvalue weighted by molar-refractivity contribution is 6.31. The first-order chi connectivity index (χ1) is 9.67. The molecule has 2 heterocycles. The van der Waals surface area contributed by atoms with Gasteiger partial charge in [0.25, 0.3) is 0 Å². The van der Waals surface area contributed by atoms with Gasteiger partial charge in [0.1, 0.15) is 0 Å². The quantitative estimate of drug-likeness (QED) is 0.888. The predicted molar refractivity (Wildman–Crippen MR) is 81.8 cm³/mol. The van der Waals surface area contributed by atoms with Crippen LogP contribution in [0.4, 0.5) is 0 Å². The van der Waals surface area contributed by atoms with Crippen LogP contribution in [0.2, 0.25) is 5.02 Å². The fourth-order valence-electron chi connectivity index (χ4n) is 2.19. The Morgan fingerprint density at radius 3 is 2.80 bits per heavy atom. The summed E-state index contributed by atoms with van der Waals surface area (Å²) in [5.74, 6) is 0. The zero-order chi connectivity index (χ0) is 14.5. The van der Waals surface area contributed by atoms with E-state index < -0.39 is 0 Å². The lowest BCUT2D eigenvalue weighted by molar-refractivity contribution is 0.529. The van der Waals surface area contributed by atoms with Gasteiger partial charge in [0.15, 0.2) is 0 Å². The van der Waals surface area contributed by atoms with Crippen molar-refractivity contribution in [3.63, 3.8) is 0 Å². The maximum absolute atomic E-state index is 6.40. The lowest BCUT2D eigenvalue weighted by atomic mass is 10.1. The van der Waals surface area contributed by atoms with Crippen LogP contribution in [0, 0.1) is 0 Å². The van der Waals surface area contributed by atoms with E-state index in [9.17, 15) is 0 Å². The summed E-state index contributed by atoms with van der Waals surface area (Å²) >= 11 is 6.40. The van der Waals surface area contributed by atoms with E-state index in [1.54, 1.807) is 6.20 Å². The Kier molecular flexibility index (Phi) is 5.15. The fraction of sp³-hybridized carbons (Fsp3) is 0.467. The topological polar surface area (TPSA) is 42.7 Å². The Labute approximate surface area is 125 Å². The SMILES string of the molecule is CCc1nn(CC)c(CNC(C)c2cccnc2)c1Cl. The van der Waals surface area contributed by atoms with Crippen LogP contribution in [0.3, 0.4) is 0 Å². The molecule has 0 saturated carbocycles. The smallest absolute Gasteiger partial charge is 0.0863 e. The molecule has 2 rings (SSSR count). The van der Waals surface area contributed by atoms with Gasteiger partial charge in [0, 0.05) is 31.5 Å². The van der Waals surface area contributed by atoms with Crippen LogP contribution >= 0.6 is 11.6 Å². The van der Waals surface area contributed by atoms with Crippen molar-refractivity contribution >= 4 is 11.6 Å². The highest BCUT2D eigenvalue weighted by Crippen LogP contribution is 2.22. The summed E-state index contributed by atoms with van der Waals surface area (Å²) < 4.78 is 1.98. The van der Waals surface area contributed by atoms with E-state index in [0.29, 0.717) is 6.54 Å². The van der Waals surface area contributed by atoms with Crippen molar-refractivity contribution in [1.82, 2.24) is 20.1 Å². The summed E-state index contributed by atoms with van der Waals surface area (Å²) in [6, 6.07) is 4.25. The highest BCUT2D eigenvalue weighted by atomic mass is 35.5. The zero-order valence-corrected chi connectivity index (χ0v) is 13.0. The summed E-state index contributed by atoms with van der Waals surface area (Å²) in [5.41, 5.74) is 3.20.